The number of alkyl halides is 3. The van der Waals surface area contributed by atoms with Gasteiger partial charge in [0.15, 0.2) is 6.61 Å². The fourth-order valence-electron chi connectivity index (χ4n) is 6.81. The van der Waals surface area contributed by atoms with Crippen LogP contribution in [0.3, 0.4) is 0 Å². The number of carboxylic acid groups (broad SMARTS) is 1. The molecule has 4 amide bonds. The molecule has 11 nitrogen and oxygen atoms in total. The van der Waals surface area contributed by atoms with Gasteiger partial charge in [0.1, 0.15) is 29.9 Å². The normalized spacial score (nSPS) is 19.3. The van der Waals surface area contributed by atoms with Gasteiger partial charge in [-0.2, -0.15) is 13.2 Å². The lowest BCUT2D eigenvalue weighted by atomic mass is 9.98. The summed E-state index contributed by atoms with van der Waals surface area (Å²) in [6, 6.07) is 30.9. The van der Waals surface area contributed by atoms with Crippen LogP contribution in [-0.4, -0.2) is 65.5 Å². The maximum Gasteiger partial charge on any atom is 0.416 e. The molecule has 0 fully saturated rings. The van der Waals surface area contributed by atoms with E-state index in [0.29, 0.717) is 17.5 Å². The predicted octanol–water partition coefficient (Wildman–Crippen LogP) is 5.45. The first-order valence-corrected chi connectivity index (χ1v) is 19.3. The highest BCUT2D eigenvalue weighted by molar-refractivity contribution is 5.95. The van der Waals surface area contributed by atoms with E-state index in [4.69, 9.17) is 4.74 Å². The van der Waals surface area contributed by atoms with E-state index >= 15 is 0 Å². The summed E-state index contributed by atoms with van der Waals surface area (Å²) in [7, 11) is 0. The van der Waals surface area contributed by atoms with E-state index < -0.39 is 72.1 Å². The number of carboxylic acids is 1. The Morgan fingerprint density at radius 1 is 0.617 bits per heavy atom. The van der Waals surface area contributed by atoms with Crippen LogP contribution in [0.5, 0.6) is 5.75 Å². The second kappa shape index (κ2) is 19.7. The Morgan fingerprint density at radius 2 is 1.18 bits per heavy atom. The summed E-state index contributed by atoms with van der Waals surface area (Å²) in [6.45, 7) is -0.583. The van der Waals surface area contributed by atoms with Crippen molar-refractivity contribution in [2.45, 2.75) is 62.4 Å². The molecular formula is C46H43F3N4O7. The van der Waals surface area contributed by atoms with Crippen LogP contribution in [0.15, 0.2) is 133 Å². The van der Waals surface area contributed by atoms with E-state index in [-0.39, 0.29) is 37.0 Å². The SMILES string of the molecule is O=C1COc2ccc(cc2)CC(C(=O)O)NC(=O)C(CCc2ccccc2)NC(=O)C(Cc2ccc(-c3ccccc3)cc2)NC(=O)C(Cc2cccc(C(F)(F)F)c2)N1. The van der Waals surface area contributed by atoms with Crippen LogP contribution < -0.4 is 26.0 Å². The Labute approximate surface area is 344 Å². The highest BCUT2D eigenvalue weighted by atomic mass is 19.4. The van der Waals surface area contributed by atoms with Gasteiger partial charge in [0.25, 0.3) is 5.91 Å². The zero-order chi connectivity index (χ0) is 42.6. The Morgan fingerprint density at radius 3 is 1.83 bits per heavy atom. The number of carbonyl (C=O) groups excluding carboxylic acids is 4. The molecule has 4 atom stereocenters. The minimum Gasteiger partial charge on any atom is -0.484 e. The molecule has 0 aliphatic carbocycles. The van der Waals surface area contributed by atoms with Gasteiger partial charge >= 0.3 is 12.1 Å². The molecule has 310 valence electrons. The van der Waals surface area contributed by atoms with Crippen molar-refractivity contribution >= 4 is 29.6 Å². The van der Waals surface area contributed by atoms with Crippen molar-refractivity contribution in [1.82, 2.24) is 21.3 Å². The number of fused-ring (bicyclic) bond motifs is 16. The summed E-state index contributed by atoms with van der Waals surface area (Å²) in [4.78, 5) is 68.3. The molecule has 60 heavy (non-hydrogen) atoms. The number of ether oxygens (including phenoxy) is 1. The Kier molecular flexibility index (Phi) is 14.0. The number of benzene rings is 5. The van der Waals surface area contributed by atoms with Crippen molar-refractivity contribution in [1.29, 1.82) is 0 Å². The quantitative estimate of drug-likeness (QED) is 0.124. The summed E-state index contributed by atoms with van der Waals surface area (Å²) in [5.74, 6) is -4.30. The molecule has 7 rings (SSSR count). The monoisotopic (exact) mass is 820 g/mol. The summed E-state index contributed by atoms with van der Waals surface area (Å²) in [6.07, 6.45) is -4.89. The van der Waals surface area contributed by atoms with Gasteiger partial charge in [-0.15, -0.1) is 0 Å². The fraction of sp³-hybridized carbons (Fsp3) is 0.239. The lowest BCUT2D eigenvalue weighted by Gasteiger charge is -2.26. The number of aliphatic carboxylic acids is 1. The van der Waals surface area contributed by atoms with E-state index in [0.717, 1.165) is 28.8 Å². The van der Waals surface area contributed by atoms with Crippen LogP contribution >= 0.6 is 0 Å². The lowest BCUT2D eigenvalue weighted by molar-refractivity contribution is -0.142. The van der Waals surface area contributed by atoms with Gasteiger partial charge in [-0.05, 0) is 64.4 Å². The first-order chi connectivity index (χ1) is 28.8. The number of rotatable bonds is 9. The highest BCUT2D eigenvalue weighted by Crippen LogP contribution is 2.30. The minimum atomic E-state index is -4.67. The molecule has 5 N–H and O–H groups in total. The zero-order valence-electron chi connectivity index (χ0n) is 32.3. The second-order valence-corrected chi connectivity index (χ2v) is 14.5. The third kappa shape index (κ3) is 12.0. The second-order valence-electron chi connectivity index (χ2n) is 14.5. The molecule has 0 saturated heterocycles. The maximum absolute atomic E-state index is 14.4. The van der Waals surface area contributed by atoms with Crippen LogP contribution in [0.1, 0.15) is 34.2 Å². The minimum absolute atomic E-state index is 0.0562. The molecule has 2 aliphatic heterocycles. The van der Waals surface area contributed by atoms with Crippen LogP contribution in [0, 0.1) is 0 Å². The fourth-order valence-corrected chi connectivity index (χ4v) is 6.81. The molecule has 5 aromatic rings. The molecule has 4 unspecified atom stereocenters. The Bertz CT molecular complexity index is 2270. The molecule has 2 bridgehead atoms. The number of hydrogen-bond acceptors (Lipinski definition) is 6. The third-order valence-electron chi connectivity index (χ3n) is 10.0. The Balaban J connectivity index is 1.35. The number of carbonyl (C=O) groups is 5. The predicted molar refractivity (Wildman–Crippen MR) is 216 cm³/mol. The maximum atomic E-state index is 14.4. The van der Waals surface area contributed by atoms with E-state index in [9.17, 15) is 42.3 Å². The zero-order valence-corrected chi connectivity index (χ0v) is 32.3. The number of nitrogens with one attached hydrogen (secondary N) is 4. The van der Waals surface area contributed by atoms with Gasteiger partial charge in [-0.1, -0.05) is 115 Å². The first kappa shape index (κ1) is 42.6. The highest BCUT2D eigenvalue weighted by Gasteiger charge is 2.34. The van der Waals surface area contributed by atoms with Crippen molar-refractivity contribution in [3.05, 3.63) is 161 Å². The molecule has 2 aliphatic rings. The van der Waals surface area contributed by atoms with Crippen LogP contribution in [0.25, 0.3) is 11.1 Å². The summed E-state index contributed by atoms with van der Waals surface area (Å²) < 4.78 is 46.7. The lowest BCUT2D eigenvalue weighted by Crippen LogP contribution is -2.59. The van der Waals surface area contributed by atoms with Gasteiger partial charge in [-0.25, -0.2) is 4.79 Å². The number of hydrogen-bond donors (Lipinski definition) is 5. The van der Waals surface area contributed by atoms with E-state index in [1.165, 1.54) is 24.3 Å². The first-order valence-electron chi connectivity index (χ1n) is 19.3. The number of aryl methyl sites for hydroxylation is 1. The van der Waals surface area contributed by atoms with Gasteiger partial charge in [0, 0.05) is 19.3 Å². The van der Waals surface area contributed by atoms with Crippen molar-refractivity contribution in [2.75, 3.05) is 6.61 Å². The van der Waals surface area contributed by atoms with E-state index in [1.54, 1.807) is 24.3 Å². The molecular weight excluding hydrogens is 778 g/mol. The average molecular weight is 821 g/mol. The number of halogens is 3. The summed E-state index contributed by atoms with van der Waals surface area (Å²) >= 11 is 0. The van der Waals surface area contributed by atoms with E-state index in [1.807, 2.05) is 72.8 Å². The van der Waals surface area contributed by atoms with Crippen molar-refractivity contribution < 1.29 is 47.0 Å². The van der Waals surface area contributed by atoms with Crippen LogP contribution in [0.2, 0.25) is 0 Å². The largest absolute Gasteiger partial charge is 0.484 e. The summed E-state index contributed by atoms with van der Waals surface area (Å²) in [5, 5.41) is 20.7. The number of amides is 4. The Hall–Kier alpha value is -6.96. The van der Waals surface area contributed by atoms with Gasteiger partial charge < -0.3 is 31.1 Å². The molecule has 0 spiro atoms. The molecule has 0 radical (unpaired) electrons. The van der Waals surface area contributed by atoms with Crippen LogP contribution in [0.4, 0.5) is 13.2 Å². The van der Waals surface area contributed by atoms with Gasteiger partial charge in [-0.3, -0.25) is 19.2 Å². The molecule has 0 saturated carbocycles. The molecule has 5 aromatic carbocycles. The van der Waals surface area contributed by atoms with Crippen molar-refractivity contribution in [3.63, 3.8) is 0 Å². The van der Waals surface area contributed by atoms with E-state index in [2.05, 4.69) is 21.3 Å². The smallest absolute Gasteiger partial charge is 0.416 e. The van der Waals surface area contributed by atoms with Crippen molar-refractivity contribution in [3.8, 4) is 16.9 Å². The molecule has 2 heterocycles. The molecule has 14 heteroatoms. The standard InChI is InChI=1S/C46H43F3N4O7/c47-46(48,49)35-13-7-10-32(24-35)27-38-43(56)52-39(25-30-14-19-34(20-15-30)33-11-5-2-6-12-33)44(57)51-37(23-18-29-8-3-1-4-9-29)42(55)53-40(45(58)59)26-31-16-21-36(22-17-31)60-28-41(54)50-38/h1-17,19-22,24,37-40H,18,23,25-28H2,(H,50,54)(H,51,57)(H,52,56)(H,53,55)(H,58,59). The average Bonchev–Trinajstić information content (AvgIpc) is 3.24. The molecule has 0 aromatic heterocycles. The van der Waals surface area contributed by atoms with Gasteiger partial charge in [0.05, 0.1) is 5.56 Å². The third-order valence-corrected chi connectivity index (χ3v) is 10.0. The van der Waals surface area contributed by atoms with Crippen LogP contribution in [-0.2, 0) is 55.8 Å². The summed E-state index contributed by atoms with van der Waals surface area (Å²) in [5.41, 5.74) is 2.96. The van der Waals surface area contributed by atoms with Gasteiger partial charge in [0.2, 0.25) is 17.7 Å². The topological polar surface area (TPSA) is 163 Å². The van der Waals surface area contributed by atoms with Crippen molar-refractivity contribution in [2.24, 2.45) is 0 Å².